The van der Waals surface area contributed by atoms with Gasteiger partial charge in [0.25, 0.3) is 0 Å². The van der Waals surface area contributed by atoms with Crippen molar-refractivity contribution in [1.82, 2.24) is 0 Å². The molecule has 0 heterocycles. The first-order valence-electron chi connectivity index (χ1n) is 9.67. The normalized spacial score (nSPS) is 11.1. The Labute approximate surface area is 175 Å². The van der Waals surface area contributed by atoms with Crippen LogP contribution in [0.5, 0.6) is 23.0 Å². The van der Waals surface area contributed by atoms with Crippen molar-refractivity contribution < 1.29 is 20.4 Å². The smallest absolute Gasteiger partial charge is 0.115 e. The van der Waals surface area contributed by atoms with Gasteiger partial charge in [0.05, 0.1) is 0 Å². The maximum atomic E-state index is 10.1. The Morgan fingerprint density at radius 3 is 0.800 bits per heavy atom. The van der Waals surface area contributed by atoms with Gasteiger partial charge in [-0.1, -0.05) is 48.5 Å². The van der Waals surface area contributed by atoms with Crippen LogP contribution in [0.1, 0.15) is 34.1 Å². The number of phenolic OH excluding ortho intramolecular Hbond substituents is 4. The molecule has 0 bridgehead atoms. The lowest BCUT2D eigenvalue weighted by Crippen LogP contribution is -2.14. The molecule has 0 unspecified atom stereocenters. The van der Waals surface area contributed by atoms with Crippen LogP contribution in [-0.4, -0.2) is 20.4 Å². The highest BCUT2D eigenvalue weighted by molar-refractivity contribution is 5.49. The van der Waals surface area contributed by atoms with Crippen molar-refractivity contribution in [3.63, 3.8) is 0 Å². The van der Waals surface area contributed by atoms with Crippen molar-refractivity contribution in [2.24, 2.45) is 0 Å². The van der Waals surface area contributed by atoms with E-state index in [1.165, 1.54) is 0 Å². The molecular weight excluding hydrogens is 376 g/mol. The molecule has 30 heavy (non-hydrogen) atoms. The fraction of sp³-hybridized carbons (Fsp3) is 0.0769. The molecule has 4 aromatic carbocycles. The molecule has 0 aliphatic heterocycles. The third-order valence-electron chi connectivity index (χ3n) is 5.25. The fourth-order valence-corrected chi connectivity index (χ4v) is 4.03. The summed E-state index contributed by atoms with van der Waals surface area (Å²) < 4.78 is 0. The van der Waals surface area contributed by atoms with Crippen LogP contribution in [0.15, 0.2) is 97.1 Å². The van der Waals surface area contributed by atoms with E-state index < -0.39 is 0 Å². The van der Waals surface area contributed by atoms with E-state index in [2.05, 4.69) is 0 Å². The molecule has 0 radical (unpaired) electrons. The van der Waals surface area contributed by atoms with Crippen molar-refractivity contribution in [2.45, 2.75) is 11.8 Å². The van der Waals surface area contributed by atoms with Gasteiger partial charge in [0, 0.05) is 11.8 Å². The van der Waals surface area contributed by atoms with E-state index in [1.807, 2.05) is 24.3 Å². The van der Waals surface area contributed by atoms with Crippen LogP contribution in [0.25, 0.3) is 0 Å². The largest absolute Gasteiger partial charge is 0.508 e. The first-order chi connectivity index (χ1) is 14.5. The summed E-state index contributed by atoms with van der Waals surface area (Å²) in [6.45, 7) is 0. The zero-order valence-electron chi connectivity index (χ0n) is 16.2. The summed E-state index contributed by atoms with van der Waals surface area (Å²) >= 11 is 0. The number of rotatable bonds is 5. The lowest BCUT2D eigenvalue weighted by Gasteiger charge is -2.30. The molecule has 0 saturated carbocycles. The van der Waals surface area contributed by atoms with Gasteiger partial charge in [-0.15, -0.1) is 0 Å². The van der Waals surface area contributed by atoms with Gasteiger partial charge in [-0.2, -0.15) is 0 Å². The molecule has 0 amide bonds. The van der Waals surface area contributed by atoms with Crippen molar-refractivity contribution in [1.29, 1.82) is 0 Å². The van der Waals surface area contributed by atoms with Gasteiger partial charge in [0.1, 0.15) is 23.0 Å². The molecule has 0 fully saturated rings. The van der Waals surface area contributed by atoms with Gasteiger partial charge in [-0.3, -0.25) is 0 Å². The highest BCUT2D eigenvalue weighted by Gasteiger charge is 2.29. The Morgan fingerprint density at radius 1 is 0.367 bits per heavy atom. The second-order valence-corrected chi connectivity index (χ2v) is 7.34. The Bertz CT molecular complexity index is 985. The minimum absolute atomic E-state index is 0.142. The second kappa shape index (κ2) is 8.21. The van der Waals surface area contributed by atoms with Crippen molar-refractivity contribution in [3.05, 3.63) is 119 Å². The number of phenols is 4. The zero-order valence-corrected chi connectivity index (χ0v) is 16.2. The first-order valence-corrected chi connectivity index (χ1v) is 9.67. The predicted molar refractivity (Wildman–Crippen MR) is 116 cm³/mol. The van der Waals surface area contributed by atoms with Gasteiger partial charge in [0.15, 0.2) is 0 Å². The molecule has 4 aromatic rings. The van der Waals surface area contributed by atoms with E-state index in [-0.39, 0.29) is 34.8 Å². The molecule has 4 rings (SSSR count). The Balaban J connectivity index is 1.99. The lowest BCUT2D eigenvalue weighted by molar-refractivity contribution is 0.468. The predicted octanol–water partition coefficient (Wildman–Crippen LogP) is 5.47. The molecule has 0 spiro atoms. The number of hydrogen-bond donors (Lipinski definition) is 4. The summed E-state index contributed by atoms with van der Waals surface area (Å²) in [5.41, 5.74) is 3.38. The maximum Gasteiger partial charge on any atom is 0.115 e. The van der Waals surface area contributed by atoms with Crippen LogP contribution in [0.3, 0.4) is 0 Å². The Morgan fingerprint density at radius 2 is 0.600 bits per heavy atom. The van der Waals surface area contributed by atoms with Gasteiger partial charge in [-0.25, -0.2) is 0 Å². The van der Waals surface area contributed by atoms with E-state index in [9.17, 15) is 20.4 Å². The van der Waals surface area contributed by atoms with Crippen molar-refractivity contribution in [3.8, 4) is 23.0 Å². The molecule has 0 aromatic heterocycles. The van der Waals surface area contributed by atoms with Crippen LogP contribution in [0.2, 0.25) is 0 Å². The van der Waals surface area contributed by atoms with Gasteiger partial charge < -0.3 is 20.4 Å². The summed E-state index contributed by atoms with van der Waals surface area (Å²) in [5.74, 6) is -0.0292. The Hall–Kier alpha value is -3.92. The number of benzene rings is 4. The molecule has 4 N–H and O–H groups in total. The summed E-state index contributed by atoms with van der Waals surface area (Å²) in [5, 5.41) is 40.6. The summed E-state index contributed by atoms with van der Waals surface area (Å²) in [6.07, 6.45) is 0. The molecule has 0 aliphatic rings. The average molecular weight is 398 g/mol. The average Bonchev–Trinajstić information content (AvgIpc) is 2.72. The van der Waals surface area contributed by atoms with E-state index >= 15 is 0 Å². The summed E-state index contributed by atoms with van der Waals surface area (Å²) in [6, 6.07) is 28.1. The lowest BCUT2D eigenvalue weighted by atomic mass is 9.73. The zero-order chi connectivity index (χ0) is 21.1. The number of hydrogen-bond acceptors (Lipinski definition) is 4. The van der Waals surface area contributed by atoms with Crippen LogP contribution in [0.4, 0.5) is 0 Å². The van der Waals surface area contributed by atoms with Gasteiger partial charge >= 0.3 is 0 Å². The molecule has 0 saturated heterocycles. The quantitative estimate of drug-likeness (QED) is 0.359. The highest BCUT2D eigenvalue weighted by atomic mass is 16.3. The minimum atomic E-state index is -0.298. The highest BCUT2D eigenvalue weighted by Crippen LogP contribution is 2.45. The van der Waals surface area contributed by atoms with Crippen LogP contribution >= 0.6 is 0 Å². The van der Waals surface area contributed by atoms with Crippen molar-refractivity contribution in [2.75, 3.05) is 0 Å². The molecule has 150 valence electrons. The standard InChI is InChI=1S/C26H22O4/c27-21-9-1-5-17(13-21)25(18-6-2-10-22(28)14-18)26(19-7-3-11-23(29)15-19)20-8-4-12-24(30)16-20/h1-16,25-30H. The first kappa shape index (κ1) is 19.4. The van der Waals surface area contributed by atoms with Gasteiger partial charge in [0.2, 0.25) is 0 Å². The topological polar surface area (TPSA) is 80.9 Å². The fourth-order valence-electron chi connectivity index (χ4n) is 4.03. The van der Waals surface area contributed by atoms with Crippen LogP contribution < -0.4 is 0 Å². The maximum absolute atomic E-state index is 10.1. The molecule has 4 nitrogen and oxygen atoms in total. The van der Waals surface area contributed by atoms with Crippen LogP contribution in [0, 0.1) is 0 Å². The third-order valence-corrected chi connectivity index (χ3v) is 5.25. The van der Waals surface area contributed by atoms with E-state index in [0.717, 1.165) is 22.3 Å². The van der Waals surface area contributed by atoms with E-state index in [0.29, 0.717) is 0 Å². The molecular formula is C26H22O4. The third kappa shape index (κ3) is 4.08. The molecule has 4 heteroatoms. The van der Waals surface area contributed by atoms with E-state index in [4.69, 9.17) is 0 Å². The Kier molecular flexibility index (Phi) is 5.31. The minimum Gasteiger partial charge on any atom is -0.508 e. The van der Waals surface area contributed by atoms with E-state index in [1.54, 1.807) is 72.8 Å². The summed E-state index contributed by atoms with van der Waals surface area (Å²) in [4.78, 5) is 0. The molecule has 0 atom stereocenters. The van der Waals surface area contributed by atoms with Gasteiger partial charge in [-0.05, 0) is 70.8 Å². The van der Waals surface area contributed by atoms with Crippen LogP contribution in [-0.2, 0) is 0 Å². The monoisotopic (exact) mass is 398 g/mol. The number of aromatic hydroxyl groups is 4. The van der Waals surface area contributed by atoms with Crippen molar-refractivity contribution >= 4 is 0 Å². The SMILES string of the molecule is Oc1cccc(C(c2cccc(O)c2)C(c2cccc(O)c2)c2cccc(O)c2)c1. The summed E-state index contributed by atoms with van der Waals surface area (Å²) in [7, 11) is 0. The molecule has 0 aliphatic carbocycles. The second-order valence-electron chi connectivity index (χ2n) is 7.34.